The minimum Gasteiger partial charge on any atom is -0.332 e. The summed E-state index contributed by atoms with van der Waals surface area (Å²) in [6.45, 7) is -0.125. The number of aromatic nitrogens is 2. The summed E-state index contributed by atoms with van der Waals surface area (Å²) in [5.74, 6) is 0.715. The highest BCUT2D eigenvalue weighted by Crippen LogP contribution is 2.02. The van der Waals surface area contributed by atoms with Crippen LogP contribution in [0.2, 0.25) is 0 Å². The highest BCUT2D eigenvalue weighted by Gasteiger charge is 2.02. The van der Waals surface area contributed by atoms with Gasteiger partial charge in [-0.05, 0) is 0 Å². The van der Waals surface area contributed by atoms with Gasteiger partial charge in [0.25, 0.3) is 0 Å². The topological polar surface area (TPSA) is 43.8 Å². The zero-order valence-corrected chi connectivity index (χ0v) is 5.84. The van der Waals surface area contributed by atoms with Gasteiger partial charge in [0.15, 0.2) is 0 Å². The van der Waals surface area contributed by atoms with E-state index in [-0.39, 0.29) is 0 Å². The summed E-state index contributed by atoms with van der Waals surface area (Å²) >= 11 is 0. The van der Waals surface area contributed by atoms with Crippen molar-refractivity contribution >= 4 is 0 Å². The summed E-state index contributed by atoms with van der Waals surface area (Å²) in [6.07, 6.45) is 1.50. The average molecular weight is 143 g/mol. The second kappa shape index (κ2) is 2.79. The van der Waals surface area contributed by atoms with E-state index in [0.717, 1.165) is 0 Å². The third kappa shape index (κ3) is 1.02. The Morgan fingerprint density at radius 1 is 1.80 bits per heavy atom. The Kier molecular flexibility index (Phi) is 2.01. The first-order valence-electron chi connectivity index (χ1n) is 3.05. The van der Waals surface area contributed by atoms with Crippen LogP contribution in [-0.2, 0) is 20.3 Å². The summed E-state index contributed by atoms with van der Waals surface area (Å²) in [4.78, 5) is 3.90. The standard InChI is InChI=1S/C6H10FN3/c1-10-5(2-7)4-9-6(10)3-8/h4H,2-3,8H2,1H3. The predicted molar refractivity (Wildman–Crippen MR) is 35.9 cm³/mol. The lowest BCUT2D eigenvalue weighted by molar-refractivity contribution is 0.464. The van der Waals surface area contributed by atoms with Crippen molar-refractivity contribution in [1.82, 2.24) is 9.55 Å². The van der Waals surface area contributed by atoms with E-state index in [4.69, 9.17) is 5.73 Å². The molecule has 0 spiro atoms. The van der Waals surface area contributed by atoms with Crippen LogP contribution in [0.1, 0.15) is 11.5 Å². The molecule has 0 amide bonds. The Morgan fingerprint density at radius 2 is 2.50 bits per heavy atom. The SMILES string of the molecule is Cn1c(CF)cnc1CN. The van der Waals surface area contributed by atoms with Gasteiger partial charge >= 0.3 is 0 Å². The van der Waals surface area contributed by atoms with Gasteiger partial charge in [-0.25, -0.2) is 9.37 Å². The first-order valence-corrected chi connectivity index (χ1v) is 3.05. The quantitative estimate of drug-likeness (QED) is 0.649. The van der Waals surface area contributed by atoms with Crippen LogP contribution < -0.4 is 5.73 Å². The highest BCUT2D eigenvalue weighted by atomic mass is 19.1. The number of rotatable bonds is 2. The van der Waals surface area contributed by atoms with Crippen LogP contribution in [0, 0.1) is 0 Å². The van der Waals surface area contributed by atoms with Gasteiger partial charge in [0.05, 0.1) is 18.4 Å². The fraction of sp³-hybridized carbons (Fsp3) is 0.500. The van der Waals surface area contributed by atoms with Crippen LogP contribution in [-0.4, -0.2) is 9.55 Å². The Hall–Kier alpha value is -0.900. The zero-order valence-electron chi connectivity index (χ0n) is 5.84. The van der Waals surface area contributed by atoms with Gasteiger partial charge < -0.3 is 10.3 Å². The third-order valence-electron chi connectivity index (χ3n) is 1.50. The van der Waals surface area contributed by atoms with Crippen molar-refractivity contribution in [2.75, 3.05) is 0 Å². The molecule has 10 heavy (non-hydrogen) atoms. The van der Waals surface area contributed by atoms with Crippen molar-refractivity contribution in [1.29, 1.82) is 0 Å². The van der Waals surface area contributed by atoms with E-state index >= 15 is 0 Å². The van der Waals surface area contributed by atoms with E-state index in [0.29, 0.717) is 18.1 Å². The molecule has 0 atom stereocenters. The third-order valence-corrected chi connectivity index (χ3v) is 1.50. The Bertz CT molecular complexity index is 197. The molecule has 0 saturated carbocycles. The van der Waals surface area contributed by atoms with Gasteiger partial charge in [-0.2, -0.15) is 0 Å². The smallest absolute Gasteiger partial charge is 0.131 e. The summed E-state index contributed by atoms with van der Waals surface area (Å²) in [5.41, 5.74) is 5.88. The number of halogens is 1. The number of hydrogen-bond acceptors (Lipinski definition) is 2. The first kappa shape index (κ1) is 7.21. The van der Waals surface area contributed by atoms with Crippen LogP contribution in [0.3, 0.4) is 0 Å². The Balaban J connectivity index is 2.97. The maximum Gasteiger partial charge on any atom is 0.131 e. The van der Waals surface area contributed by atoms with E-state index in [1.165, 1.54) is 6.20 Å². The van der Waals surface area contributed by atoms with Crippen molar-refractivity contribution in [2.24, 2.45) is 12.8 Å². The monoisotopic (exact) mass is 143 g/mol. The molecule has 0 saturated heterocycles. The lowest BCUT2D eigenvalue weighted by Crippen LogP contribution is -2.06. The lowest BCUT2D eigenvalue weighted by atomic mass is 10.5. The molecule has 0 aliphatic carbocycles. The number of nitrogens with two attached hydrogens (primary N) is 1. The highest BCUT2D eigenvalue weighted by molar-refractivity contribution is 5.02. The molecule has 1 heterocycles. The normalized spacial score (nSPS) is 10.3. The molecule has 0 radical (unpaired) electrons. The average Bonchev–Trinajstić information content (AvgIpc) is 2.30. The number of alkyl halides is 1. The molecule has 0 aromatic carbocycles. The maximum atomic E-state index is 12.0. The van der Waals surface area contributed by atoms with Crippen LogP contribution >= 0.6 is 0 Å². The van der Waals surface area contributed by atoms with Gasteiger partial charge in [-0.3, -0.25) is 0 Å². The number of imidazole rings is 1. The molecule has 0 unspecified atom stereocenters. The molecule has 56 valence electrons. The molecule has 2 N–H and O–H groups in total. The van der Waals surface area contributed by atoms with Crippen molar-refractivity contribution < 1.29 is 4.39 Å². The molecule has 1 rings (SSSR count). The van der Waals surface area contributed by atoms with Gasteiger partial charge in [-0.1, -0.05) is 0 Å². The van der Waals surface area contributed by atoms with Gasteiger partial charge in [0, 0.05) is 7.05 Å². The minimum absolute atomic E-state index is 0.358. The maximum absolute atomic E-state index is 12.0. The van der Waals surface area contributed by atoms with Crippen LogP contribution in [0.25, 0.3) is 0 Å². The molecule has 1 aromatic heterocycles. The molecule has 3 nitrogen and oxygen atoms in total. The van der Waals surface area contributed by atoms with Crippen molar-refractivity contribution in [3.63, 3.8) is 0 Å². The largest absolute Gasteiger partial charge is 0.332 e. The van der Waals surface area contributed by atoms with E-state index in [1.807, 2.05) is 0 Å². The van der Waals surface area contributed by atoms with Gasteiger partial charge in [-0.15, -0.1) is 0 Å². The molecule has 0 aliphatic rings. The molecule has 4 heteroatoms. The van der Waals surface area contributed by atoms with Crippen molar-refractivity contribution in [3.05, 3.63) is 17.7 Å². The summed E-state index contributed by atoms with van der Waals surface area (Å²) in [6, 6.07) is 0. The first-order chi connectivity index (χ1) is 4.79. The van der Waals surface area contributed by atoms with E-state index < -0.39 is 6.67 Å². The molecule has 1 aromatic rings. The van der Waals surface area contributed by atoms with E-state index in [9.17, 15) is 4.39 Å². The molecule has 0 aliphatic heterocycles. The fourth-order valence-electron chi connectivity index (χ4n) is 0.802. The van der Waals surface area contributed by atoms with Crippen molar-refractivity contribution in [2.45, 2.75) is 13.2 Å². The van der Waals surface area contributed by atoms with E-state index in [1.54, 1.807) is 11.6 Å². The van der Waals surface area contributed by atoms with Gasteiger partial charge in [0.1, 0.15) is 12.5 Å². The Morgan fingerprint density at radius 3 is 2.80 bits per heavy atom. The molecule has 0 fully saturated rings. The zero-order chi connectivity index (χ0) is 7.56. The fourth-order valence-corrected chi connectivity index (χ4v) is 0.802. The molecular formula is C6H10FN3. The Labute approximate surface area is 58.7 Å². The number of nitrogens with zero attached hydrogens (tertiary/aromatic N) is 2. The second-order valence-corrected chi connectivity index (χ2v) is 2.06. The lowest BCUT2D eigenvalue weighted by Gasteiger charge is -1.98. The van der Waals surface area contributed by atoms with Crippen LogP contribution in [0.4, 0.5) is 4.39 Å². The van der Waals surface area contributed by atoms with Crippen molar-refractivity contribution in [3.8, 4) is 0 Å². The molecule has 0 bridgehead atoms. The second-order valence-electron chi connectivity index (χ2n) is 2.06. The van der Waals surface area contributed by atoms with Crippen LogP contribution in [0.15, 0.2) is 6.20 Å². The number of hydrogen-bond donors (Lipinski definition) is 1. The minimum atomic E-state index is -0.483. The van der Waals surface area contributed by atoms with Crippen LogP contribution in [0.5, 0.6) is 0 Å². The predicted octanol–water partition coefficient (Wildman–Crippen LogP) is 0.348. The summed E-state index contributed by atoms with van der Waals surface area (Å²) in [7, 11) is 1.75. The van der Waals surface area contributed by atoms with E-state index in [2.05, 4.69) is 4.98 Å². The van der Waals surface area contributed by atoms with Gasteiger partial charge in [0.2, 0.25) is 0 Å². The molecular weight excluding hydrogens is 133 g/mol. The summed E-state index contributed by atoms with van der Waals surface area (Å²) < 4.78 is 13.7. The summed E-state index contributed by atoms with van der Waals surface area (Å²) in [5, 5.41) is 0.